The van der Waals surface area contributed by atoms with Gasteiger partial charge in [0.25, 0.3) is 5.91 Å². The van der Waals surface area contributed by atoms with Gasteiger partial charge in [0.15, 0.2) is 5.82 Å². The van der Waals surface area contributed by atoms with Gasteiger partial charge in [-0.25, -0.2) is 9.37 Å². The fourth-order valence-electron chi connectivity index (χ4n) is 3.24. The van der Waals surface area contributed by atoms with E-state index in [0.717, 1.165) is 19.5 Å². The number of methoxy groups -OCH3 is 1. The molecule has 1 amide bonds. The average Bonchev–Trinajstić information content (AvgIpc) is 2.47. The minimum absolute atomic E-state index is 0.0821. The molecule has 2 saturated heterocycles. The lowest BCUT2D eigenvalue weighted by atomic mass is 9.86. The van der Waals surface area contributed by atoms with Crippen LogP contribution in [0.25, 0.3) is 0 Å². The third-order valence-corrected chi connectivity index (χ3v) is 4.43. The molecule has 2 aliphatic heterocycles. The van der Waals surface area contributed by atoms with Crippen molar-refractivity contribution in [3.63, 3.8) is 0 Å². The molecule has 0 radical (unpaired) electrons. The lowest BCUT2D eigenvalue weighted by molar-refractivity contribution is -0.0563. The molecule has 3 rings (SSSR count). The van der Waals surface area contributed by atoms with E-state index in [-0.39, 0.29) is 23.9 Å². The Morgan fingerprint density at radius 2 is 2.10 bits per heavy atom. The van der Waals surface area contributed by atoms with Crippen molar-refractivity contribution in [1.82, 2.24) is 14.8 Å². The van der Waals surface area contributed by atoms with E-state index in [1.165, 1.54) is 19.4 Å². The normalized spacial score (nSPS) is 24.9. The van der Waals surface area contributed by atoms with Crippen LogP contribution < -0.4 is 4.74 Å². The van der Waals surface area contributed by atoms with E-state index >= 15 is 0 Å². The second-order valence-electron chi connectivity index (χ2n) is 6.02. The first-order valence-corrected chi connectivity index (χ1v) is 7.27. The highest BCUT2D eigenvalue weighted by molar-refractivity contribution is 5.95. The van der Waals surface area contributed by atoms with Crippen LogP contribution in [0.5, 0.6) is 5.88 Å². The number of rotatable bonds is 3. The number of piperidine rings is 1. The van der Waals surface area contributed by atoms with Crippen LogP contribution in [0, 0.1) is 5.82 Å². The molecule has 114 valence electrons. The summed E-state index contributed by atoms with van der Waals surface area (Å²) in [6.07, 6.45) is 2.43. The second kappa shape index (κ2) is 5.26. The first-order chi connectivity index (χ1) is 10.0. The van der Waals surface area contributed by atoms with E-state index in [4.69, 9.17) is 4.74 Å². The Labute approximate surface area is 123 Å². The smallest absolute Gasteiger partial charge is 0.256 e. The summed E-state index contributed by atoms with van der Waals surface area (Å²) in [4.78, 5) is 20.6. The highest BCUT2D eigenvalue weighted by Crippen LogP contribution is 2.34. The number of nitrogens with zero attached hydrogens (tertiary/aromatic N) is 3. The van der Waals surface area contributed by atoms with Gasteiger partial charge in [0.1, 0.15) is 0 Å². The number of carbonyl (C=O) groups is 1. The summed E-state index contributed by atoms with van der Waals surface area (Å²) in [7, 11) is 1.35. The number of likely N-dealkylation sites (tertiary alicyclic amines) is 2. The summed E-state index contributed by atoms with van der Waals surface area (Å²) >= 11 is 0. The van der Waals surface area contributed by atoms with Gasteiger partial charge in [-0.05, 0) is 26.3 Å². The van der Waals surface area contributed by atoms with Crippen molar-refractivity contribution in [2.24, 2.45) is 0 Å². The Morgan fingerprint density at radius 1 is 1.43 bits per heavy atom. The molecule has 1 aromatic rings. The van der Waals surface area contributed by atoms with Gasteiger partial charge in [0.2, 0.25) is 5.88 Å². The molecule has 5 nitrogen and oxygen atoms in total. The quantitative estimate of drug-likeness (QED) is 0.848. The van der Waals surface area contributed by atoms with Gasteiger partial charge in [0.05, 0.1) is 12.7 Å². The topological polar surface area (TPSA) is 45.7 Å². The van der Waals surface area contributed by atoms with Gasteiger partial charge in [0, 0.05) is 37.4 Å². The maximum atomic E-state index is 13.7. The summed E-state index contributed by atoms with van der Waals surface area (Å²) in [5, 5.41) is 0. The number of amides is 1. The molecule has 0 aliphatic carbocycles. The van der Waals surface area contributed by atoms with Crippen LogP contribution in [0.15, 0.2) is 12.3 Å². The van der Waals surface area contributed by atoms with E-state index < -0.39 is 5.82 Å². The van der Waals surface area contributed by atoms with Crippen molar-refractivity contribution < 1.29 is 13.9 Å². The van der Waals surface area contributed by atoms with E-state index in [1.807, 2.05) is 4.90 Å². The highest BCUT2D eigenvalue weighted by atomic mass is 19.1. The molecule has 2 bridgehead atoms. The fourth-order valence-corrected chi connectivity index (χ4v) is 3.24. The summed E-state index contributed by atoms with van der Waals surface area (Å²) in [6.45, 7) is 6.12. The molecule has 2 unspecified atom stereocenters. The number of carbonyl (C=O) groups excluding carboxylic acids is 1. The van der Waals surface area contributed by atoms with Crippen LogP contribution in [0.2, 0.25) is 0 Å². The maximum absolute atomic E-state index is 13.7. The first kappa shape index (κ1) is 14.3. The molecule has 3 heterocycles. The van der Waals surface area contributed by atoms with Gasteiger partial charge in [-0.3, -0.25) is 9.69 Å². The van der Waals surface area contributed by atoms with Crippen LogP contribution in [-0.2, 0) is 0 Å². The Kier molecular flexibility index (Phi) is 3.57. The van der Waals surface area contributed by atoms with E-state index in [9.17, 15) is 9.18 Å². The predicted octanol–water partition coefficient (Wildman–Crippen LogP) is 1.54. The van der Waals surface area contributed by atoms with Crippen molar-refractivity contribution in [2.45, 2.75) is 38.4 Å². The second-order valence-corrected chi connectivity index (χ2v) is 6.02. The number of fused-ring (bicyclic) bond motifs is 2. The number of halogens is 1. The molecule has 0 aromatic carbocycles. The maximum Gasteiger partial charge on any atom is 0.256 e. The van der Waals surface area contributed by atoms with Gasteiger partial charge in [-0.15, -0.1) is 0 Å². The average molecular weight is 293 g/mol. The monoisotopic (exact) mass is 293 g/mol. The molecule has 0 spiro atoms. The number of pyridine rings is 1. The van der Waals surface area contributed by atoms with Crippen LogP contribution >= 0.6 is 0 Å². The number of aromatic nitrogens is 1. The van der Waals surface area contributed by atoms with Crippen LogP contribution in [-0.4, -0.2) is 59.0 Å². The third kappa shape index (κ3) is 2.37. The molecule has 6 heteroatoms. The fraction of sp³-hybridized carbons (Fsp3) is 0.600. The van der Waals surface area contributed by atoms with E-state index in [1.54, 1.807) is 0 Å². The van der Waals surface area contributed by atoms with Crippen LogP contribution in [0.3, 0.4) is 0 Å². The molecule has 21 heavy (non-hydrogen) atoms. The summed E-state index contributed by atoms with van der Waals surface area (Å²) in [5.74, 6) is -0.812. The molecule has 0 N–H and O–H groups in total. The number of hydrogen-bond acceptors (Lipinski definition) is 4. The lowest BCUT2D eigenvalue weighted by Crippen LogP contribution is -2.70. The minimum Gasteiger partial charge on any atom is -0.479 e. The Hall–Kier alpha value is -1.69. The molecule has 2 atom stereocenters. The number of hydrogen-bond donors (Lipinski definition) is 0. The zero-order valence-electron chi connectivity index (χ0n) is 12.5. The van der Waals surface area contributed by atoms with Gasteiger partial charge >= 0.3 is 0 Å². The largest absolute Gasteiger partial charge is 0.479 e. The van der Waals surface area contributed by atoms with Crippen LogP contribution in [0.4, 0.5) is 4.39 Å². The minimum atomic E-state index is -0.599. The van der Waals surface area contributed by atoms with Gasteiger partial charge < -0.3 is 9.64 Å². The van der Waals surface area contributed by atoms with Crippen molar-refractivity contribution in [3.05, 3.63) is 23.6 Å². The number of ether oxygens (including phenoxy) is 1. The molecule has 2 fully saturated rings. The molecular formula is C15H20FN3O2. The first-order valence-electron chi connectivity index (χ1n) is 7.27. The van der Waals surface area contributed by atoms with Gasteiger partial charge in [-0.1, -0.05) is 0 Å². The predicted molar refractivity (Wildman–Crippen MR) is 75.8 cm³/mol. The van der Waals surface area contributed by atoms with E-state index in [2.05, 4.69) is 23.7 Å². The van der Waals surface area contributed by atoms with Crippen molar-refractivity contribution in [3.8, 4) is 5.88 Å². The van der Waals surface area contributed by atoms with Gasteiger partial charge in [-0.2, -0.15) is 0 Å². The Balaban J connectivity index is 1.74. The molecule has 2 aliphatic rings. The standard InChI is InChI=1S/C15H20FN3O2/c1-9(2)18-7-11-5-12(8-18)19(11)15(20)10-4-13(16)14(21-3)17-6-10/h4,6,9,11-12H,5,7-8H2,1-3H3. The molecule has 1 aromatic heterocycles. The molecule has 0 saturated carbocycles. The summed E-state index contributed by atoms with van der Waals surface area (Å²) in [5.41, 5.74) is 0.293. The third-order valence-electron chi connectivity index (χ3n) is 4.43. The van der Waals surface area contributed by atoms with E-state index in [0.29, 0.717) is 11.6 Å². The Bertz CT molecular complexity index is 552. The van der Waals surface area contributed by atoms with Crippen molar-refractivity contribution in [1.29, 1.82) is 0 Å². The number of piperazine rings is 1. The zero-order chi connectivity index (χ0) is 15.1. The van der Waals surface area contributed by atoms with Crippen molar-refractivity contribution in [2.75, 3.05) is 20.2 Å². The summed E-state index contributed by atoms with van der Waals surface area (Å²) in [6, 6.07) is 2.18. The Morgan fingerprint density at radius 3 is 2.62 bits per heavy atom. The van der Waals surface area contributed by atoms with Crippen LogP contribution in [0.1, 0.15) is 30.6 Å². The SMILES string of the molecule is COc1ncc(C(=O)N2C3CC2CN(C(C)C)C3)cc1F. The zero-order valence-corrected chi connectivity index (χ0v) is 12.5. The van der Waals surface area contributed by atoms with Crippen molar-refractivity contribution >= 4 is 5.91 Å². The molecular weight excluding hydrogens is 273 g/mol. The lowest BCUT2D eigenvalue weighted by Gasteiger charge is -2.57. The summed E-state index contributed by atoms with van der Waals surface area (Å²) < 4.78 is 18.5. The highest BCUT2D eigenvalue weighted by Gasteiger charge is 2.47.